The highest BCUT2D eigenvalue weighted by Gasteiger charge is 2.16. The predicted octanol–water partition coefficient (Wildman–Crippen LogP) is 1.27. The lowest BCUT2D eigenvalue weighted by molar-refractivity contribution is -0.137. The molecule has 0 saturated heterocycles. The van der Waals surface area contributed by atoms with Crippen LogP contribution in [0.2, 0.25) is 0 Å². The molecule has 0 spiro atoms. The summed E-state index contributed by atoms with van der Waals surface area (Å²) in [6.45, 7) is 2.22. The van der Waals surface area contributed by atoms with Crippen LogP contribution in [0.4, 0.5) is 0 Å². The van der Waals surface area contributed by atoms with E-state index in [9.17, 15) is 9.90 Å². The summed E-state index contributed by atoms with van der Waals surface area (Å²) in [4.78, 5) is 10.5. The molecule has 0 aliphatic heterocycles. The summed E-state index contributed by atoms with van der Waals surface area (Å²) >= 11 is 0. The molecule has 1 rings (SSSR count). The van der Waals surface area contributed by atoms with Crippen LogP contribution in [-0.4, -0.2) is 22.8 Å². The molecule has 0 heterocycles. The fraction of sp³-hybridized carbons (Fsp3) is 0.364. The number of carboxylic acid groups (broad SMARTS) is 1. The van der Waals surface area contributed by atoms with E-state index in [0.29, 0.717) is 17.9 Å². The molecular formula is C11H15NO4. The van der Waals surface area contributed by atoms with Gasteiger partial charge in [-0.05, 0) is 13.0 Å². The van der Waals surface area contributed by atoms with E-state index >= 15 is 0 Å². The van der Waals surface area contributed by atoms with Gasteiger partial charge in [-0.25, -0.2) is 0 Å². The molecule has 0 radical (unpaired) electrons. The van der Waals surface area contributed by atoms with Crippen LogP contribution >= 0.6 is 0 Å². The molecular weight excluding hydrogens is 210 g/mol. The van der Waals surface area contributed by atoms with Gasteiger partial charge in [0.25, 0.3) is 0 Å². The van der Waals surface area contributed by atoms with Gasteiger partial charge in [0.15, 0.2) is 11.5 Å². The van der Waals surface area contributed by atoms with Crippen molar-refractivity contribution in [3.8, 4) is 11.5 Å². The predicted molar refractivity (Wildman–Crippen MR) is 58.5 cm³/mol. The molecule has 0 aliphatic carbocycles. The molecule has 1 atom stereocenters. The van der Waals surface area contributed by atoms with Crippen molar-refractivity contribution >= 4 is 5.97 Å². The van der Waals surface area contributed by atoms with E-state index < -0.39 is 12.0 Å². The van der Waals surface area contributed by atoms with E-state index in [1.807, 2.05) is 0 Å². The molecule has 0 bridgehead atoms. The Balaban J connectivity index is 2.95. The van der Waals surface area contributed by atoms with Crippen LogP contribution in [0, 0.1) is 0 Å². The van der Waals surface area contributed by atoms with E-state index in [1.54, 1.807) is 25.1 Å². The number of phenols is 1. The van der Waals surface area contributed by atoms with Crippen molar-refractivity contribution in [2.45, 2.75) is 19.4 Å². The highest BCUT2D eigenvalue weighted by Crippen LogP contribution is 2.33. The highest BCUT2D eigenvalue weighted by molar-refractivity contribution is 5.68. The molecule has 16 heavy (non-hydrogen) atoms. The van der Waals surface area contributed by atoms with Gasteiger partial charge in [-0.15, -0.1) is 0 Å². The van der Waals surface area contributed by atoms with E-state index in [2.05, 4.69) is 0 Å². The quantitative estimate of drug-likeness (QED) is 0.701. The summed E-state index contributed by atoms with van der Waals surface area (Å²) in [5, 5.41) is 18.4. The number of rotatable bonds is 5. The number of nitrogens with two attached hydrogens (primary N) is 1. The maximum atomic E-state index is 10.5. The number of phenolic OH excluding ortho intramolecular Hbond substituents is 1. The number of hydrogen-bond donors (Lipinski definition) is 3. The zero-order valence-corrected chi connectivity index (χ0v) is 9.01. The zero-order chi connectivity index (χ0) is 12.1. The second-order valence-electron chi connectivity index (χ2n) is 3.33. The first kappa shape index (κ1) is 12.3. The maximum Gasteiger partial charge on any atom is 0.305 e. The lowest BCUT2D eigenvalue weighted by atomic mass is 10.0. The Bertz CT molecular complexity index is 378. The third-order valence-electron chi connectivity index (χ3n) is 2.12. The summed E-state index contributed by atoms with van der Waals surface area (Å²) in [6, 6.07) is 4.13. The minimum Gasteiger partial charge on any atom is -0.504 e. The molecule has 88 valence electrons. The molecule has 0 fully saturated rings. The van der Waals surface area contributed by atoms with Gasteiger partial charge in [0.05, 0.1) is 13.0 Å². The van der Waals surface area contributed by atoms with Gasteiger partial charge in [-0.3, -0.25) is 4.79 Å². The van der Waals surface area contributed by atoms with Crippen LogP contribution in [0.3, 0.4) is 0 Å². The number of aliphatic carboxylic acids is 1. The Kier molecular flexibility index (Phi) is 4.13. The van der Waals surface area contributed by atoms with E-state index in [1.165, 1.54) is 0 Å². The molecule has 1 aromatic rings. The molecule has 5 heteroatoms. The maximum absolute atomic E-state index is 10.5. The number of ether oxygens (including phenoxy) is 1. The first-order chi connectivity index (χ1) is 7.56. The van der Waals surface area contributed by atoms with Gasteiger partial charge in [0.2, 0.25) is 0 Å². The number of carboxylic acids is 1. The summed E-state index contributed by atoms with van der Waals surface area (Å²) in [5.74, 6) is -0.771. The summed E-state index contributed by atoms with van der Waals surface area (Å²) < 4.78 is 5.18. The van der Waals surface area contributed by atoms with Crippen LogP contribution in [0.5, 0.6) is 11.5 Å². The second-order valence-corrected chi connectivity index (χ2v) is 3.33. The molecule has 0 saturated carbocycles. The zero-order valence-electron chi connectivity index (χ0n) is 9.01. The van der Waals surface area contributed by atoms with Crippen LogP contribution in [0.15, 0.2) is 18.2 Å². The minimum absolute atomic E-state index is 0.0851. The SMILES string of the molecule is CCOc1cccc(C(N)CC(=O)O)c1O. The third kappa shape index (κ3) is 2.87. The lowest BCUT2D eigenvalue weighted by Gasteiger charge is -2.14. The van der Waals surface area contributed by atoms with Gasteiger partial charge < -0.3 is 20.7 Å². The second kappa shape index (κ2) is 5.37. The Morgan fingerprint density at radius 2 is 2.25 bits per heavy atom. The number of benzene rings is 1. The Labute approximate surface area is 93.5 Å². The summed E-state index contributed by atoms with van der Waals surface area (Å²) in [7, 11) is 0. The highest BCUT2D eigenvalue weighted by atomic mass is 16.5. The number of carbonyl (C=O) groups is 1. The normalized spacial score (nSPS) is 12.1. The molecule has 1 unspecified atom stereocenters. The molecule has 0 aliphatic rings. The van der Waals surface area contributed by atoms with Crippen LogP contribution in [-0.2, 0) is 4.79 Å². The number of para-hydroxylation sites is 1. The smallest absolute Gasteiger partial charge is 0.305 e. The lowest BCUT2D eigenvalue weighted by Crippen LogP contribution is -2.15. The Morgan fingerprint density at radius 1 is 1.56 bits per heavy atom. The van der Waals surface area contributed by atoms with Gasteiger partial charge in [-0.2, -0.15) is 0 Å². The topological polar surface area (TPSA) is 92.8 Å². The third-order valence-corrected chi connectivity index (χ3v) is 2.12. The van der Waals surface area contributed by atoms with E-state index in [0.717, 1.165) is 0 Å². The molecule has 1 aromatic carbocycles. The van der Waals surface area contributed by atoms with Gasteiger partial charge in [0.1, 0.15) is 0 Å². The van der Waals surface area contributed by atoms with Crippen molar-refractivity contribution in [1.82, 2.24) is 0 Å². The average Bonchev–Trinajstić information content (AvgIpc) is 2.20. The first-order valence-electron chi connectivity index (χ1n) is 4.98. The average molecular weight is 225 g/mol. The number of aromatic hydroxyl groups is 1. The Hall–Kier alpha value is -1.75. The standard InChI is InChI=1S/C11H15NO4/c1-2-16-9-5-3-4-7(11(9)15)8(12)6-10(13)14/h3-5,8,15H,2,6,12H2,1H3,(H,13,14). The monoisotopic (exact) mass is 225 g/mol. The molecule has 4 N–H and O–H groups in total. The van der Waals surface area contributed by atoms with E-state index in [-0.39, 0.29) is 12.2 Å². The van der Waals surface area contributed by atoms with Gasteiger partial charge >= 0.3 is 5.97 Å². The van der Waals surface area contributed by atoms with Gasteiger partial charge in [-0.1, -0.05) is 12.1 Å². The largest absolute Gasteiger partial charge is 0.504 e. The van der Waals surface area contributed by atoms with E-state index in [4.69, 9.17) is 15.6 Å². The van der Waals surface area contributed by atoms with Crippen LogP contribution < -0.4 is 10.5 Å². The van der Waals surface area contributed by atoms with Crippen molar-refractivity contribution in [1.29, 1.82) is 0 Å². The fourth-order valence-corrected chi connectivity index (χ4v) is 1.41. The summed E-state index contributed by atoms with van der Waals surface area (Å²) in [6.07, 6.45) is -0.233. The fourth-order valence-electron chi connectivity index (χ4n) is 1.41. The van der Waals surface area contributed by atoms with Crippen molar-refractivity contribution < 1.29 is 19.7 Å². The van der Waals surface area contributed by atoms with Crippen molar-refractivity contribution in [3.05, 3.63) is 23.8 Å². The van der Waals surface area contributed by atoms with Crippen LogP contribution in [0.25, 0.3) is 0 Å². The molecule has 5 nitrogen and oxygen atoms in total. The number of hydrogen-bond acceptors (Lipinski definition) is 4. The molecule has 0 amide bonds. The van der Waals surface area contributed by atoms with Gasteiger partial charge in [0, 0.05) is 11.6 Å². The Morgan fingerprint density at radius 3 is 2.81 bits per heavy atom. The van der Waals surface area contributed by atoms with Crippen molar-refractivity contribution in [3.63, 3.8) is 0 Å². The summed E-state index contributed by atoms with van der Waals surface area (Å²) in [5.41, 5.74) is 6.05. The van der Waals surface area contributed by atoms with Crippen LogP contribution in [0.1, 0.15) is 24.9 Å². The first-order valence-corrected chi connectivity index (χ1v) is 4.98. The van der Waals surface area contributed by atoms with Crippen molar-refractivity contribution in [2.75, 3.05) is 6.61 Å². The van der Waals surface area contributed by atoms with Crippen molar-refractivity contribution in [2.24, 2.45) is 5.73 Å². The minimum atomic E-state index is -1.01. The molecule has 0 aromatic heterocycles.